The molecule has 0 unspecified atom stereocenters. The monoisotopic (exact) mass is 545 g/mol. The second-order valence-electron chi connectivity index (χ2n) is 9.57. The number of anilines is 1. The van der Waals surface area contributed by atoms with Crippen LogP contribution in [-0.2, 0) is 21.4 Å². The molecule has 202 valence electrons. The lowest BCUT2D eigenvalue weighted by Crippen LogP contribution is -2.31. The number of hydrogen-bond donors (Lipinski definition) is 1. The van der Waals surface area contributed by atoms with E-state index in [0.717, 1.165) is 29.4 Å². The highest BCUT2D eigenvalue weighted by Crippen LogP contribution is 2.23. The average molecular weight is 546 g/mol. The van der Waals surface area contributed by atoms with Gasteiger partial charge in [0, 0.05) is 38.5 Å². The molecule has 2 amide bonds. The molecule has 0 aliphatic carbocycles. The van der Waals surface area contributed by atoms with Gasteiger partial charge in [-0.2, -0.15) is 5.10 Å². The standard InChI is InChI=1S/C29H31N5O4S/c1-32(23-9-3-2-4-10-23)39(37,38)24-16-14-22(15-17-24)21-34-26-12-6-5-11-25(26)28(31-34)29(36)30-18-8-20-33-19-7-13-27(33)35/h2-6,9-12,14-17H,7-8,13,18-21H2,1H3,(H,30,36). The Morgan fingerprint density at radius 1 is 1.00 bits per heavy atom. The van der Waals surface area contributed by atoms with E-state index < -0.39 is 10.0 Å². The molecule has 1 aromatic heterocycles. The SMILES string of the molecule is CN(c1ccccc1)S(=O)(=O)c1ccc(Cn2nc(C(=O)NCCCN3CCCC3=O)c3ccccc32)cc1. The van der Waals surface area contributed by atoms with Gasteiger partial charge < -0.3 is 10.2 Å². The second kappa shape index (κ2) is 11.3. The third-order valence-electron chi connectivity index (χ3n) is 6.97. The number of nitrogens with zero attached hydrogens (tertiary/aromatic N) is 4. The van der Waals surface area contributed by atoms with Crippen LogP contribution in [0.5, 0.6) is 0 Å². The Morgan fingerprint density at radius 3 is 2.44 bits per heavy atom. The van der Waals surface area contributed by atoms with E-state index in [9.17, 15) is 18.0 Å². The smallest absolute Gasteiger partial charge is 0.272 e. The predicted octanol–water partition coefficient (Wildman–Crippen LogP) is 3.65. The Hall–Kier alpha value is -4.18. The number of carbonyl (C=O) groups excluding carboxylic acids is 2. The minimum Gasteiger partial charge on any atom is -0.351 e. The van der Waals surface area contributed by atoms with Crippen molar-refractivity contribution in [2.24, 2.45) is 0 Å². The number of benzene rings is 3. The van der Waals surface area contributed by atoms with Crippen molar-refractivity contribution in [1.29, 1.82) is 0 Å². The van der Waals surface area contributed by atoms with Crippen LogP contribution in [0.25, 0.3) is 10.9 Å². The van der Waals surface area contributed by atoms with Crippen LogP contribution >= 0.6 is 0 Å². The van der Waals surface area contributed by atoms with E-state index in [-0.39, 0.29) is 16.7 Å². The van der Waals surface area contributed by atoms with Crippen LogP contribution in [0.3, 0.4) is 0 Å². The van der Waals surface area contributed by atoms with Gasteiger partial charge in [0.15, 0.2) is 5.69 Å². The molecule has 2 heterocycles. The topological polar surface area (TPSA) is 105 Å². The maximum absolute atomic E-state index is 13.1. The first-order chi connectivity index (χ1) is 18.8. The normalized spacial score (nSPS) is 13.7. The Labute approximate surface area is 228 Å². The summed E-state index contributed by atoms with van der Waals surface area (Å²) in [6.45, 7) is 2.26. The summed E-state index contributed by atoms with van der Waals surface area (Å²) in [6, 6.07) is 23.2. The van der Waals surface area contributed by atoms with Crippen molar-refractivity contribution in [3.05, 3.63) is 90.1 Å². The molecular weight excluding hydrogens is 514 g/mol. The van der Waals surface area contributed by atoms with Crippen molar-refractivity contribution < 1.29 is 18.0 Å². The van der Waals surface area contributed by atoms with E-state index >= 15 is 0 Å². The first-order valence-electron chi connectivity index (χ1n) is 13.0. The van der Waals surface area contributed by atoms with E-state index in [4.69, 9.17) is 0 Å². The molecule has 1 aliphatic heterocycles. The van der Waals surface area contributed by atoms with Crippen LogP contribution in [-0.4, -0.2) is 61.6 Å². The summed E-state index contributed by atoms with van der Waals surface area (Å²) in [6.07, 6.45) is 2.20. The molecule has 0 radical (unpaired) electrons. The number of rotatable bonds is 10. The van der Waals surface area contributed by atoms with E-state index in [1.165, 1.54) is 11.4 Å². The Bertz CT molecular complexity index is 1580. The number of sulfonamides is 1. The van der Waals surface area contributed by atoms with Gasteiger partial charge >= 0.3 is 0 Å². The minimum atomic E-state index is -3.71. The Morgan fingerprint density at radius 2 is 1.72 bits per heavy atom. The van der Waals surface area contributed by atoms with Crippen molar-refractivity contribution in [3.63, 3.8) is 0 Å². The largest absolute Gasteiger partial charge is 0.351 e. The third-order valence-corrected chi connectivity index (χ3v) is 8.77. The quantitative estimate of drug-likeness (QED) is 0.306. The molecule has 5 rings (SSSR count). The summed E-state index contributed by atoms with van der Waals surface area (Å²) in [4.78, 5) is 26.8. The van der Waals surface area contributed by atoms with Crippen molar-refractivity contribution >= 4 is 38.4 Å². The zero-order valence-corrected chi connectivity index (χ0v) is 22.6. The summed E-state index contributed by atoms with van der Waals surface area (Å²) < 4.78 is 29.2. The van der Waals surface area contributed by atoms with Crippen LogP contribution in [0.2, 0.25) is 0 Å². The predicted molar refractivity (Wildman–Crippen MR) is 150 cm³/mol. The highest BCUT2D eigenvalue weighted by molar-refractivity contribution is 7.92. The summed E-state index contributed by atoms with van der Waals surface area (Å²) in [7, 11) is -2.17. The van der Waals surface area contributed by atoms with Crippen molar-refractivity contribution in [2.75, 3.05) is 31.0 Å². The number of para-hydroxylation sites is 2. The molecular formula is C29H31N5O4S. The van der Waals surface area contributed by atoms with Gasteiger partial charge in [0.2, 0.25) is 5.91 Å². The Kier molecular flexibility index (Phi) is 7.65. The fourth-order valence-corrected chi connectivity index (χ4v) is 5.98. The molecule has 39 heavy (non-hydrogen) atoms. The fourth-order valence-electron chi connectivity index (χ4n) is 4.79. The number of aromatic nitrogens is 2. The number of fused-ring (bicyclic) bond motifs is 1. The molecule has 9 nitrogen and oxygen atoms in total. The first kappa shape index (κ1) is 26.4. The van der Waals surface area contributed by atoms with E-state index in [1.54, 1.807) is 53.2 Å². The zero-order valence-electron chi connectivity index (χ0n) is 21.8. The van der Waals surface area contributed by atoms with Gasteiger partial charge in [-0.15, -0.1) is 0 Å². The number of amides is 2. The van der Waals surface area contributed by atoms with Crippen LogP contribution in [0.4, 0.5) is 5.69 Å². The van der Waals surface area contributed by atoms with Crippen molar-refractivity contribution in [1.82, 2.24) is 20.0 Å². The van der Waals surface area contributed by atoms with Gasteiger partial charge in [-0.25, -0.2) is 8.42 Å². The van der Waals surface area contributed by atoms with Gasteiger partial charge in [0.1, 0.15) is 0 Å². The van der Waals surface area contributed by atoms with Crippen LogP contribution in [0.15, 0.2) is 83.8 Å². The van der Waals surface area contributed by atoms with Crippen LogP contribution < -0.4 is 9.62 Å². The zero-order chi connectivity index (χ0) is 27.4. The molecule has 4 aromatic rings. The lowest BCUT2D eigenvalue weighted by atomic mass is 10.2. The molecule has 0 bridgehead atoms. The van der Waals surface area contributed by atoms with Gasteiger partial charge in [-0.05, 0) is 48.7 Å². The summed E-state index contributed by atoms with van der Waals surface area (Å²) in [5.74, 6) is -0.0806. The molecule has 1 N–H and O–H groups in total. The Balaban J connectivity index is 1.28. The highest BCUT2D eigenvalue weighted by atomic mass is 32.2. The van der Waals surface area contributed by atoms with E-state index in [0.29, 0.717) is 43.9 Å². The number of hydrogen-bond acceptors (Lipinski definition) is 5. The summed E-state index contributed by atoms with van der Waals surface area (Å²) >= 11 is 0. The molecule has 1 aliphatic rings. The highest BCUT2D eigenvalue weighted by Gasteiger charge is 2.22. The molecule has 3 aromatic carbocycles. The van der Waals surface area contributed by atoms with Gasteiger partial charge in [-0.1, -0.05) is 48.5 Å². The maximum atomic E-state index is 13.1. The minimum absolute atomic E-state index is 0.180. The molecule has 0 saturated carbocycles. The van der Waals surface area contributed by atoms with Gasteiger partial charge in [-0.3, -0.25) is 18.6 Å². The first-order valence-corrected chi connectivity index (χ1v) is 14.4. The molecule has 1 saturated heterocycles. The van der Waals surface area contributed by atoms with E-state index in [1.807, 2.05) is 35.2 Å². The van der Waals surface area contributed by atoms with Crippen LogP contribution in [0, 0.1) is 0 Å². The second-order valence-corrected chi connectivity index (χ2v) is 11.5. The summed E-state index contributed by atoms with van der Waals surface area (Å²) in [5.41, 5.74) is 2.59. The van der Waals surface area contributed by atoms with Gasteiger partial charge in [0.25, 0.3) is 15.9 Å². The molecule has 0 spiro atoms. The average Bonchev–Trinajstić information content (AvgIpc) is 3.54. The molecule has 0 atom stereocenters. The number of carbonyl (C=O) groups is 2. The number of likely N-dealkylation sites (tertiary alicyclic amines) is 1. The van der Waals surface area contributed by atoms with Gasteiger partial charge in [0.05, 0.1) is 22.6 Å². The van der Waals surface area contributed by atoms with Crippen molar-refractivity contribution in [3.8, 4) is 0 Å². The lowest BCUT2D eigenvalue weighted by molar-refractivity contribution is -0.127. The lowest BCUT2D eigenvalue weighted by Gasteiger charge is -2.19. The molecule has 1 fully saturated rings. The number of nitrogens with one attached hydrogen (secondary N) is 1. The molecule has 10 heteroatoms. The van der Waals surface area contributed by atoms with Crippen molar-refractivity contribution in [2.45, 2.75) is 30.7 Å². The summed E-state index contributed by atoms with van der Waals surface area (Å²) in [5, 5.41) is 8.28. The third kappa shape index (κ3) is 5.65. The van der Waals surface area contributed by atoms with Crippen LogP contribution in [0.1, 0.15) is 35.3 Å². The maximum Gasteiger partial charge on any atom is 0.272 e. The fraction of sp³-hybridized carbons (Fsp3) is 0.276. The van der Waals surface area contributed by atoms with E-state index in [2.05, 4.69) is 10.4 Å².